The molecular formula is C26H20ClN2NaO6S. The minimum absolute atomic E-state index is 0. The van der Waals surface area contributed by atoms with Crippen LogP contribution in [0.4, 0.5) is 11.4 Å². The Kier molecular flexibility index (Phi) is 7.58. The van der Waals surface area contributed by atoms with Gasteiger partial charge in [-0.3, -0.25) is 8.98 Å². The number of carboxylic acids is 1. The number of fused-ring (bicyclic) bond motifs is 2. The number of carboxylic acid groups (broad SMARTS) is 1. The van der Waals surface area contributed by atoms with Crippen LogP contribution in [0, 0.1) is 6.92 Å². The van der Waals surface area contributed by atoms with Crippen molar-refractivity contribution < 1.29 is 52.1 Å². The predicted molar refractivity (Wildman–Crippen MR) is 135 cm³/mol. The van der Waals surface area contributed by atoms with Crippen LogP contribution >= 0.6 is 11.6 Å². The molecule has 1 aliphatic carbocycles. The van der Waals surface area contributed by atoms with E-state index in [1.165, 1.54) is 12.1 Å². The van der Waals surface area contributed by atoms with Crippen molar-refractivity contribution in [3.63, 3.8) is 0 Å². The van der Waals surface area contributed by atoms with Gasteiger partial charge in [-0.2, -0.15) is 8.42 Å². The summed E-state index contributed by atoms with van der Waals surface area (Å²) >= 11 is 6.09. The molecule has 0 bridgehead atoms. The van der Waals surface area contributed by atoms with Gasteiger partial charge in [-0.25, -0.2) is 0 Å². The number of benzene rings is 3. The molecule has 0 saturated carbocycles. The predicted octanol–water partition coefficient (Wildman–Crippen LogP) is 0.897. The zero-order valence-corrected chi connectivity index (χ0v) is 23.8. The van der Waals surface area contributed by atoms with Crippen LogP contribution in [0.25, 0.3) is 22.0 Å². The van der Waals surface area contributed by atoms with Gasteiger partial charge in [-0.05, 0) is 60.4 Å². The van der Waals surface area contributed by atoms with Gasteiger partial charge >= 0.3 is 29.6 Å². The molecule has 3 aromatic carbocycles. The Hall–Kier alpha value is -2.66. The van der Waals surface area contributed by atoms with E-state index in [2.05, 4.69) is 10.3 Å². The van der Waals surface area contributed by atoms with Crippen LogP contribution in [-0.4, -0.2) is 26.0 Å². The summed E-state index contributed by atoms with van der Waals surface area (Å²) in [6.07, 6.45) is 0.419. The molecule has 4 aromatic rings. The van der Waals surface area contributed by atoms with Crippen LogP contribution in [0.2, 0.25) is 5.02 Å². The van der Waals surface area contributed by atoms with E-state index in [1.54, 1.807) is 38.1 Å². The molecule has 1 heterocycles. The number of H-pyrrole nitrogens is 1. The number of rotatable bonds is 6. The number of aromatic nitrogens is 1. The van der Waals surface area contributed by atoms with E-state index in [0.29, 0.717) is 39.7 Å². The van der Waals surface area contributed by atoms with Crippen molar-refractivity contribution in [1.29, 1.82) is 0 Å². The average Bonchev–Trinajstić information content (AvgIpc) is 2.82. The van der Waals surface area contributed by atoms with Crippen molar-refractivity contribution in [1.82, 2.24) is 4.98 Å². The number of aryl methyl sites for hydroxylation is 1. The molecule has 0 atom stereocenters. The molecule has 184 valence electrons. The van der Waals surface area contributed by atoms with Crippen LogP contribution in [0.3, 0.4) is 0 Å². The number of aromatic carboxylic acids is 1. The van der Waals surface area contributed by atoms with Gasteiger partial charge in [0.1, 0.15) is 4.90 Å². The largest absolute Gasteiger partial charge is 1.00 e. The normalized spacial score (nSPS) is 12.1. The molecule has 0 spiro atoms. The minimum atomic E-state index is -4.10. The third-order valence-electron chi connectivity index (χ3n) is 6.21. The fourth-order valence-electron chi connectivity index (χ4n) is 4.75. The third kappa shape index (κ3) is 4.71. The van der Waals surface area contributed by atoms with E-state index in [4.69, 9.17) is 15.8 Å². The molecule has 0 saturated heterocycles. The number of anilines is 2. The van der Waals surface area contributed by atoms with Gasteiger partial charge in [-0.1, -0.05) is 35.9 Å². The maximum atomic E-state index is 12.8. The molecule has 0 aliphatic heterocycles. The second-order valence-electron chi connectivity index (χ2n) is 8.42. The number of hydrogen-bond acceptors (Lipinski definition) is 7. The Morgan fingerprint density at radius 1 is 1.16 bits per heavy atom. The van der Waals surface area contributed by atoms with Crippen LogP contribution in [0.1, 0.15) is 34.0 Å². The molecule has 0 unspecified atom stereocenters. The van der Waals surface area contributed by atoms with E-state index in [-0.39, 0.29) is 57.3 Å². The summed E-state index contributed by atoms with van der Waals surface area (Å²) in [5, 5.41) is 16.1. The number of halogens is 1. The molecular weight excluding hydrogens is 527 g/mol. The second kappa shape index (κ2) is 10.2. The van der Waals surface area contributed by atoms with Crippen molar-refractivity contribution in [2.75, 3.05) is 11.9 Å². The molecule has 0 fully saturated rings. The van der Waals surface area contributed by atoms with Crippen LogP contribution < -0.4 is 45.5 Å². The first-order valence-corrected chi connectivity index (χ1v) is 12.9. The zero-order valence-electron chi connectivity index (χ0n) is 20.3. The van der Waals surface area contributed by atoms with Gasteiger partial charge in [0, 0.05) is 28.1 Å². The summed E-state index contributed by atoms with van der Waals surface area (Å²) in [7, 11) is -4.10. The first-order chi connectivity index (χ1) is 17.1. The van der Waals surface area contributed by atoms with E-state index < -0.39 is 27.2 Å². The fraction of sp³-hybridized carbons (Fsp3) is 0.154. The SMILES string of the molecule is CCOS(=O)(=O)c1cc(Cl)ccc1Nc1cc(C)c2[nH]c(=O)c(C(=O)[O-])c3c2c1Cc1ccccc1-3.[Na+]. The van der Waals surface area contributed by atoms with Gasteiger partial charge in [0.05, 0.1) is 29.3 Å². The van der Waals surface area contributed by atoms with Crippen molar-refractivity contribution in [3.8, 4) is 11.1 Å². The van der Waals surface area contributed by atoms with Crippen LogP contribution in [0.5, 0.6) is 0 Å². The van der Waals surface area contributed by atoms with Crippen LogP contribution in [-0.2, 0) is 20.7 Å². The third-order valence-corrected chi connectivity index (χ3v) is 7.87. The average molecular weight is 547 g/mol. The molecule has 1 aromatic heterocycles. The van der Waals surface area contributed by atoms with Crippen molar-refractivity contribution in [2.45, 2.75) is 25.2 Å². The molecule has 0 radical (unpaired) electrons. The van der Waals surface area contributed by atoms with E-state index >= 15 is 0 Å². The maximum Gasteiger partial charge on any atom is 1.00 e. The summed E-state index contributed by atoms with van der Waals surface area (Å²) in [5.74, 6) is -1.57. The number of carbonyl (C=O) groups is 1. The Morgan fingerprint density at radius 2 is 1.89 bits per heavy atom. The number of aromatic amines is 1. The van der Waals surface area contributed by atoms with Gasteiger partial charge < -0.3 is 20.2 Å². The Labute approximate surface area is 240 Å². The first-order valence-electron chi connectivity index (χ1n) is 11.1. The summed E-state index contributed by atoms with van der Waals surface area (Å²) in [5.41, 5.74) is 3.25. The summed E-state index contributed by atoms with van der Waals surface area (Å²) in [4.78, 5) is 27.4. The maximum absolute atomic E-state index is 12.8. The standard InChI is InChI=1S/C26H21ClN2O6S.Na/c1-3-35-36(33,34)20-12-15(27)8-9-18(20)28-19-10-13(2)24-22-17(19)11-14-6-4-5-7-16(14)21(22)23(26(31)32)25(30)29-24;/h4-10,12,28H,3,11H2,1-2H3,(H,29,30)(H,31,32);/q;+1/p-1. The zero-order chi connectivity index (χ0) is 25.8. The molecule has 8 nitrogen and oxygen atoms in total. The topological polar surface area (TPSA) is 128 Å². The first kappa shape index (κ1) is 27.4. The Balaban J connectivity index is 0.00000320. The van der Waals surface area contributed by atoms with E-state index in [1.807, 2.05) is 12.1 Å². The van der Waals surface area contributed by atoms with Gasteiger partial charge in [0.25, 0.3) is 15.7 Å². The van der Waals surface area contributed by atoms with Gasteiger partial charge in [0.15, 0.2) is 0 Å². The number of carbonyl (C=O) groups excluding carboxylic acids is 1. The van der Waals surface area contributed by atoms with Gasteiger partial charge in [0.2, 0.25) is 0 Å². The molecule has 37 heavy (non-hydrogen) atoms. The number of nitrogens with one attached hydrogen (secondary N) is 2. The Morgan fingerprint density at radius 3 is 2.59 bits per heavy atom. The van der Waals surface area contributed by atoms with Crippen molar-refractivity contribution in [3.05, 3.63) is 86.2 Å². The summed E-state index contributed by atoms with van der Waals surface area (Å²) in [6, 6.07) is 13.4. The smallest absolute Gasteiger partial charge is 0.545 e. The van der Waals surface area contributed by atoms with Gasteiger partial charge in [-0.15, -0.1) is 0 Å². The number of hydrogen-bond donors (Lipinski definition) is 2. The summed E-state index contributed by atoms with van der Waals surface area (Å²) < 4.78 is 30.6. The van der Waals surface area contributed by atoms with Crippen molar-refractivity contribution >= 4 is 50.0 Å². The monoisotopic (exact) mass is 546 g/mol. The number of pyridine rings is 1. The van der Waals surface area contributed by atoms with Crippen LogP contribution in [0.15, 0.2) is 58.2 Å². The molecule has 0 amide bonds. The second-order valence-corrected chi connectivity index (χ2v) is 10.4. The van der Waals surface area contributed by atoms with E-state index in [9.17, 15) is 23.1 Å². The summed E-state index contributed by atoms with van der Waals surface area (Å²) in [6.45, 7) is 3.30. The molecule has 5 rings (SSSR count). The van der Waals surface area contributed by atoms with E-state index in [0.717, 1.165) is 5.56 Å². The minimum Gasteiger partial charge on any atom is -0.545 e. The Bertz CT molecular complexity index is 1750. The quantitative estimate of drug-likeness (QED) is 0.239. The van der Waals surface area contributed by atoms with Crippen molar-refractivity contribution in [2.24, 2.45) is 0 Å². The fourth-order valence-corrected chi connectivity index (χ4v) is 6.08. The molecule has 2 N–H and O–H groups in total. The molecule has 1 aliphatic rings. The molecule has 11 heteroatoms.